The maximum atomic E-state index is 13.6. The quantitative estimate of drug-likeness (QED) is 0.503. The van der Waals surface area contributed by atoms with Crippen molar-refractivity contribution >= 4 is 23.3 Å². The van der Waals surface area contributed by atoms with Gasteiger partial charge in [0.2, 0.25) is 5.91 Å². The molecule has 2 N–H and O–H groups in total. The summed E-state index contributed by atoms with van der Waals surface area (Å²) < 4.78 is 27.1. The molecule has 1 amide bonds. The van der Waals surface area contributed by atoms with Crippen LogP contribution in [0, 0.1) is 11.6 Å². The zero-order valence-electron chi connectivity index (χ0n) is 19.4. The molecule has 8 heteroatoms. The number of nitrogens with one attached hydrogen (secondary N) is 1. The Labute approximate surface area is 202 Å². The number of carbonyl (C=O) groups excluding carboxylic acids is 1. The number of piperazine rings is 1. The first-order chi connectivity index (χ1) is 16.9. The first kappa shape index (κ1) is 24.3. The van der Waals surface area contributed by atoms with Gasteiger partial charge >= 0.3 is 5.97 Å². The van der Waals surface area contributed by atoms with E-state index in [0.29, 0.717) is 26.2 Å². The standard InChI is InChI=1S/C27H27F2N3O3/c1-2-25(33)30-24-12-11-22(17-23(24)27(34)35)31-13-15-32(16-14-31)26(18-3-7-20(28)8-4-18)19-5-9-21(29)10-6-19/h3-12,17,26H,2,13-16H2,1H3,(H,30,33)(H,34,35). The Balaban J connectivity index is 1.54. The van der Waals surface area contributed by atoms with Crippen LogP contribution in [0.5, 0.6) is 0 Å². The van der Waals surface area contributed by atoms with Crippen LogP contribution in [-0.2, 0) is 4.79 Å². The fourth-order valence-electron chi connectivity index (χ4n) is 4.40. The molecule has 0 spiro atoms. The van der Waals surface area contributed by atoms with Gasteiger partial charge in [0.25, 0.3) is 0 Å². The van der Waals surface area contributed by atoms with Crippen LogP contribution in [0.4, 0.5) is 20.2 Å². The number of benzene rings is 3. The molecule has 0 radical (unpaired) electrons. The molecule has 1 heterocycles. The Kier molecular flexibility index (Phi) is 7.41. The summed E-state index contributed by atoms with van der Waals surface area (Å²) in [5.41, 5.74) is 2.91. The number of amides is 1. The number of anilines is 2. The lowest BCUT2D eigenvalue weighted by Crippen LogP contribution is -2.48. The number of carboxylic acid groups (broad SMARTS) is 1. The molecule has 4 rings (SSSR count). The van der Waals surface area contributed by atoms with E-state index in [4.69, 9.17) is 0 Å². The highest BCUT2D eigenvalue weighted by molar-refractivity contribution is 6.01. The maximum absolute atomic E-state index is 13.6. The molecule has 3 aromatic carbocycles. The van der Waals surface area contributed by atoms with Crippen molar-refractivity contribution in [3.05, 3.63) is 95.1 Å². The molecule has 1 fully saturated rings. The van der Waals surface area contributed by atoms with Crippen molar-refractivity contribution in [3.63, 3.8) is 0 Å². The zero-order chi connectivity index (χ0) is 24.9. The molecular formula is C27H27F2N3O3. The molecule has 3 aromatic rings. The topological polar surface area (TPSA) is 72.9 Å². The predicted molar refractivity (Wildman–Crippen MR) is 131 cm³/mol. The molecular weight excluding hydrogens is 452 g/mol. The number of aromatic carboxylic acids is 1. The van der Waals surface area contributed by atoms with Crippen molar-refractivity contribution in [1.29, 1.82) is 0 Å². The second-order valence-electron chi connectivity index (χ2n) is 8.47. The second kappa shape index (κ2) is 10.7. The van der Waals surface area contributed by atoms with Gasteiger partial charge in [-0.25, -0.2) is 13.6 Å². The fraction of sp³-hybridized carbons (Fsp3) is 0.259. The number of carboxylic acids is 1. The summed E-state index contributed by atoms with van der Waals surface area (Å²) in [6.45, 7) is 4.30. The third-order valence-corrected chi connectivity index (χ3v) is 6.24. The second-order valence-corrected chi connectivity index (χ2v) is 8.47. The third kappa shape index (κ3) is 5.66. The number of halogens is 2. The summed E-state index contributed by atoms with van der Waals surface area (Å²) in [7, 11) is 0. The number of carbonyl (C=O) groups is 2. The molecule has 0 aromatic heterocycles. The van der Waals surface area contributed by atoms with Gasteiger partial charge in [-0.3, -0.25) is 9.69 Å². The van der Waals surface area contributed by atoms with Crippen LogP contribution in [0.25, 0.3) is 0 Å². The molecule has 1 aliphatic heterocycles. The maximum Gasteiger partial charge on any atom is 0.337 e. The molecule has 0 bridgehead atoms. The van der Waals surface area contributed by atoms with Gasteiger partial charge in [-0.1, -0.05) is 31.2 Å². The van der Waals surface area contributed by atoms with Crippen LogP contribution in [0.2, 0.25) is 0 Å². The number of rotatable bonds is 7. The van der Waals surface area contributed by atoms with Crippen LogP contribution < -0.4 is 10.2 Å². The van der Waals surface area contributed by atoms with E-state index in [1.165, 1.54) is 24.3 Å². The minimum atomic E-state index is -1.11. The van der Waals surface area contributed by atoms with Crippen LogP contribution in [0.15, 0.2) is 66.7 Å². The minimum Gasteiger partial charge on any atom is -0.478 e. The molecule has 0 atom stereocenters. The highest BCUT2D eigenvalue weighted by atomic mass is 19.1. The minimum absolute atomic E-state index is 0.0437. The van der Waals surface area contributed by atoms with E-state index in [0.717, 1.165) is 16.8 Å². The van der Waals surface area contributed by atoms with Crippen molar-refractivity contribution in [2.24, 2.45) is 0 Å². The van der Waals surface area contributed by atoms with Crippen LogP contribution in [0.1, 0.15) is 40.9 Å². The smallest absolute Gasteiger partial charge is 0.337 e. The first-order valence-electron chi connectivity index (χ1n) is 11.5. The average Bonchev–Trinajstić information content (AvgIpc) is 2.87. The lowest BCUT2D eigenvalue weighted by Gasteiger charge is -2.40. The molecule has 6 nitrogen and oxygen atoms in total. The van der Waals surface area contributed by atoms with Crippen LogP contribution in [-0.4, -0.2) is 48.1 Å². The van der Waals surface area contributed by atoms with Gasteiger partial charge in [-0.05, 0) is 53.6 Å². The Morgan fingerprint density at radius 3 is 1.91 bits per heavy atom. The van der Waals surface area contributed by atoms with E-state index >= 15 is 0 Å². The SMILES string of the molecule is CCC(=O)Nc1ccc(N2CCN(C(c3ccc(F)cc3)c3ccc(F)cc3)CC2)cc1C(=O)O. The van der Waals surface area contributed by atoms with E-state index in [2.05, 4.69) is 15.1 Å². The van der Waals surface area contributed by atoms with Gasteiger partial charge in [0.1, 0.15) is 11.6 Å². The van der Waals surface area contributed by atoms with Crippen molar-refractivity contribution in [3.8, 4) is 0 Å². The normalized spacial score (nSPS) is 14.2. The van der Waals surface area contributed by atoms with Gasteiger partial charge in [-0.15, -0.1) is 0 Å². The summed E-state index contributed by atoms with van der Waals surface area (Å²) in [5, 5.41) is 12.3. The first-order valence-corrected chi connectivity index (χ1v) is 11.5. The molecule has 182 valence electrons. The molecule has 1 saturated heterocycles. The van der Waals surface area contributed by atoms with Crippen LogP contribution in [0.3, 0.4) is 0 Å². The lowest BCUT2D eigenvalue weighted by atomic mass is 9.96. The van der Waals surface area contributed by atoms with Crippen molar-refractivity contribution in [1.82, 2.24) is 4.90 Å². The Hall–Kier alpha value is -3.78. The van der Waals surface area contributed by atoms with Gasteiger partial charge in [-0.2, -0.15) is 0 Å². The largest absolute Gasteiger partial charge is 0.478 e. The fourth-order valence-corrected chi connectivity index (χ4v) is 4.40. The highest BCUT2D eigenvalue weighted by Gasteiger charge is 2.27. The Bertz CT molecular complexity index is 1150. The van der Waals surface area contributed by atoms with Gasteiger partial charge < -0.3 is 15.3 Å². The number of hydrogen-bond acceptors (Lipinski definition) is 4. The van der Waals surface area contributed by atoms with Gasteiger partial charge in [0.05, 0.1) is 17.3 Å². The lowest BCUT2D eigenvalue weighted by molar-refractivity contribution is -0.115. The average molecular weight is 480 g/mol. The third-order valence-electron chi connectivity index (χ3n) is 6.24. The molecule has 35 heavy (non-hydrogen) atoms. The van der Waals surface area contributed by atoms with Gasteiger partial charge in [0, 0.05) is 38.3 Å². The van der Waals surface area contributed by atoms with E-state index in [9.17, 15) is 23.5 Å². The summed E-state index contributed by atoms with van der Waals surface area (Å²) in [6.07, 6.45) is 0.256. The van der Waals surface area contributed by atoms with Gasteiger partial charge in [0.15, 0.2) is 0 Å². The zero-order valence-corrected chi connectivity index (χ0v) is 19.4. The van der Waals surface area contributed by atoms with Crippen molar-refractivity contribution in [2.45, 2.75) is 19.4 Å². The summed E-state index contributed by atoms with van der Waals surface area (Å²) >= 11 is 0. The molecule has 0 unspecified atom stereocenters. The molecule has 1 aliphatic rings. The van der Waals surface area contributed by atoms with E-state index in [-0.39, 0.29) is 41.3 Å². The highest BCUT2D eigenvalue weighted by Crippen LogP contribution is 2.31. The Morgan fingerprint density at radius 2 is 1.43 bits per heavy atom. The summed E-state index contributed by atoms with van der Waals surface area (Å²) in [6, 6.07) is 17.5. The number of nitrogens with zero attached hydrogens (tertiary/aromatic N) is 2. The van der Waals surface area contributed by atoms with Crippen molar-refractivity contribution < 1.29 is 23.5 Å². The predicted octanol–water partition coefficient (Wildman–Crippen LogP) is 4.92. The van der Waals surface area contributed by atoms with Crippen LogP contribution >= 0.6 is 0 Å². The monoisotopic (exact) mass is 479 g/mol. The molecule has 0 aliphatic carbocycles. The van der Waals surface area contributed by atoms with E-state index in [1.807, 2.05) is 6.07 Å². The Morgan fingerprint density at radius 1 is 0.886 bits per heavy atom. The van der Waals surface area contributed by atoms with E-state index < -0.39 is 5.97 Å². The van der Waals surface area contributed by atoms with Crippen molar-refractivity contribution in [2.75, 3.05) is 36.4 Å². The number of hydrogen-bond donors (Lipinski definition) is 2. The summed E-state index contributed by atoms with van der Waals surface area (Å²) in [5.74, 6) is -1.99. The molecule has 0 saturated carbocycles. The summed E-state index contributed by atoms with van der Waals surface area (Å²) in [4.78, 5) is 27.9. The van der Waals surface area contributed by atoms with E-state index in [1.54, 1.807) is 43.3 Å².